The van der Waals surface area contributed by atoms with Gasteiger partial charge in [0.05, 0.1) is 11.0 Å². The number of esters is 1. The Kier molecular flexibility index (Phi) is 7.62. The highest BCUT2D eigenvalue weighted by molar-refractivity contribution is 8.01. The largest absolute Gasteiger partial charge is 0.452 e. The van der Waals surface area contributed by atoms with Crippen molar-refractivity contribution in [2.45, 2.75) is 39.0 Å². The molecule has 0 aliphatic heterocycles. The molecule has 2 N–H and O–H groups in total. The number of thioether (sulfide) groups is 1. The smallest absolute Gasteiger partial charge is 0.316 e. The Morgan fingerprint density at radius 1 is 1.11 bits per heavy atom. The molecule has 0 saturated carbocycles. The van der Waals surface area contributed by atoms with Gasteiger partial charge in [0.1, 0.15) is 5.76 Å². The number of hydrogen-bond acceptors (Lipinski definition) is 7. The van der Waals surface area contributed by atoms with Crippen LogP contribution in [0.1, 0.15) is 25.2 Å². The minimum atomic E-state index is -0.948. The number of ether oxygens (including phenoxy) is 1. The van der Waals surface area contributed by atoms with E-state index in [9.17, 15) is 14.4 Å². The van der Waals surface area contributed by atoms with Gasteiger partial charge in [0.2, 0.25) is 5.91 Å². The summed E-state index contributed by atoms with van der Waals surface area (Å²) in [6, 6.07) is 8.88. The van der Waals surface area contributed by atoms with Gasteiger partial charge in [-0.15, -0.1) is 11.8 Å². The summed E-state index contributed by atoms with van der Waals surface area (Å²) in [5.41, 5.74) is 1.70. The SMILES string of the molecule is Cc1ccc(NC(=O)[C@H](C)OC(=O)CS[C@@H](C)C(=O)Nc2cc(C)on2)cc1. The first-order valence-electron chi connectivity index (χ1n) is 8.67. The zero-order chi connectivity index (χ0) is 20.7. The van der Waals surface area contributed by atoms with Gasteiger partial charge in [0.15, 0.2) is 11.9 Å². The highest BCUT2D eigenvalue weighted by Crippen LogP contribution is 2.15. The van der Waals surface area contributed by atoms with Gasteiger partial charge in [0, 0.05) is 11.8 Å². The summed E-state index contributed by atoms with van der Waals surface area (Å²) in [6.45, 7) is 6.82. The zero-order valence-corrected chi connectivity index (χ0v) is 17.0. The van der Waals surface area contributed by atoms with Crippen LogP contribution >= 0.6 is 11.8 Å². The minimum Gasteiger partial charge on any atom is -0.452 e. The zero-order valence-electron chi connectivity index (χ0n) is 16.1. The standard InChI is InChI=1S/C19H23N3O5S/c1-11-5-7-15(8-6-11)20-18(24)13(3)26-17(23)10-28-14(4)19(25)21-16-9-12(2)27-22-16/h5-9,13-14H,10H2,1-4H3,(H,20,24)(H,21,22,25)/t13-,14-/m0/s1. The van der Waals surface area contributed by atoms with E-state index in [2.05, 4.69) is 15.8 Å². The first-order valence-corrected chi connectivity index (χ1v) is 9.72. The average Bonchev–Trinajstić information content (AvgIpc) is 3.06. The van der Waals surface area contributed by atoms with E-state index in [1.807, 2.05) is 19.1 Å². The van der Waals surface area contributed by atoms with Crippen LogP contribution < -0.4 is 10.6 Å². The lowest BCUT2D eigenvalue weighted by Crippen LogP contribution is -2.31. The Morgan fingerprint density at radius 2 is 1.79 bits per heavy atom. The number of rotatable bonds is 8. The van der Waals surface area contributed by atoms with Gasteiger partial charge < -0.3 is 19.9 Å². The van der Waals surface area contributed by atoms with E-state index in [0.29, 0.717) is 17.3 Å². The molecule has 0 radical (unpaired) electrons. The number of nitrogens with zero attached hydrogens (tertiary/aromatic N) is 1. The van der Waals surface area contributed by atoms with Crippen LogP contribution in [0.5, 0.6) is 0 Å². The van der Waals surface area contributed by atoms with E-state index in [0.717, 1.165) is 17.3 Å². The highest BCUT2D eigenvalue weighted by atomic mass is 32.2. The fourth-order valence-electron chi connectivity index (χ4n) is 2.09. The third kappa shape index (κ3) is 6.73. The molecule has 0 saturated heterocycles. The molecule has 2 amide bonds. The quantitative estimate of drug-likeness (QED) is 0.650. The van der Waals surface area contributed by atoms with Gasteiger partial charge in [-0.25, -0.2) is 0 Å². The fraction of sp³-hybridized carbons (Fsp3) is 0.368. The maximum atomic E-state index is 12.1. The number of aryl methyl sites for hydroxylation is 2. The second-order valence-electron chi connectivity index (χ2n) is 6.25. The van der Waals surface area contributed by atoms with Crippen LogP contribution in [-0.2, 0) is 19.1 Å². The first-order chi connectivity index (χ1) is 13.2. The van der Waals surface area contributed by atoms with Crippen LogP contribution in [0.4, 0.5) is 11.5 Å². The Hall–Kier alpha value is -2.81. The highest BCUT2D eigenvalue weighted by Gasteiger charge is 2.21. The van der Waals surface area contributed by atoms with E-state index in [1.54, 1.807) is 32.0 Å². The summed E-state index contributed by atoms with van der Waals surface area (Å²) in [7, 11) is 0. The minimum absolute atomic E-state index is 0.0609. The third-order valence-electron chi connectivity index (χ3n) is 3.70. The van der Waals surface area contributed by atoms with Crippen molar-refractivity contribution in [3.05, 3.63) is 41.7 Å². The van der Waals surface area contributed by atoms with Crippen LogP contribution in [-0.4, -0.2) is 40.0 Å². The van der Waals surface area contributed by atoms with Crippen LogP contribution in [0.2, 0.25) is 0 Å². The number of hydrogen-bond donors (Lipinski definition) is 2. The molecular weight excluding hydrogens is 382 g/mol. The summed E-state index contributed by atoms with van der Waals surface area (Å²) in [6.07, 6.45) is -0.948. The van der Waals surface area contributed by atoms with E-state index in [4.69, 9.17) is 9.26 Å². The maximum absolute atomic E-state index is 12.1. The predicted molar refractivity (Wildman–Crippen MR) is 107 cm³/mol. The second kappa shape index (κ2) is 9.93. The summed E-state index contributed by atoms with van der Waals surface area (Å²) in [5.74, 6) is -0.468. The average molecular weight is 405 g/mol. The Morgan fingerprint density at radius 3 is 2.39 bits per heavy atom. The summed E-state index contributed by atoms with van der Waals surface area (Å²) in [5, 5.41) is 8.45. The van der Waals surface area contributed by atoms with Crippen molar-refractivity contribution in [2.24, 2.45) is 0 Å². The molecule has 8 nitrogen and oxygen atoms in total. The van der Waals surface area contributed by atoms with E-state index >= 15 is 0 Å². The first kappa shape index (κ1) is 21.5. The van der Waals surface area contributed by atoms with Crippen molar-refractivity contribution in [1.29, 1.82) is 0 Å². The molecule has 0 spiro atoms. The number of benzene rings is 1. The molecule has 1 aromatic carbocycles. The van der Waals surface area contributed by atoms with Crippen molar-refractivity contribution < 1.29 is 23.6 Å². The van der Waals surface area contributed by atoms with Crippen molar-refractivity contribution in [2.75, 3.05) is 16.4 Å². The van der Waals surface area contributed by atoms with Crippen LogP contribution in [0.15, 0.2) is 34.9 Å². The predicted octanol–water partition coefficient (Wildman–Crippen LogP) is 2.92. The van der Waals surface area contributed by atoms with Gasteiger partial charge in [-0.1, -0.05) is 22.9 Å². The van der Waals surface area contributed by atoms with Crippen molar-refractivity contribution in [1.82, 2.24) is 5.16 Å². The topological polar surface area (TPSA) is 111 Å². The fourth-order valence-corrected chi connectivity index (χ4v) is 2.75. The van der Waals surface area contributed by atoms with Gasteiger partial charge >= 0.3 is 5.97 Å². The summed E-state index contributed by atoms with van der Waals surface area (Å²) < 4.78 is 10.0. The van der Waals surface area contributed by atoms with Gasteiger partial charge in [-0.05, 0) is 39.8 Å². The number of carbonyl (C=O) groups is 3. The second-order valence-corrected chi connectivity index (χ2v) is 7.58. The summed E-state index contributed by atoms with van der Waals surface area (Å²) in [4.78, 5) is 36.1. The molecule has 1 heterocycles. The molecule has 2 aromatic rings. The number of aromatic nitrogens is 1. The van der Waals surface area contributed by atoms with Gasteiger partial charge in [-0.2, -0.15) is 0 Å². The Labute approximate surface area is 167 Å². The van der Waals surface area contributed by atoms with Gasteiger partial charge in [0.25, 0.3) is 5.91 Å². The van der Waals surface area contributed by atoms with E-state index in [1.165, 1.54) is 6.92 Å². The summed E-state index contributed by atoms with van der Waals surface area (Å²) >= 11 is 1.10. The molecule has 2 atom stereocenters. The molecule has 0 unspecified atom stereocenters. The lowest BCUT2D eigenvalue weighted by molar-refractivity contribution is -0.150. The molecule has 0 aliphatic carbocycles. The van der Waals surface area contributed by atoms with Crippen molar-refractivity contribution in [3.8, 4) is 0 Å². The van der Waals surface area contributed by atoms with Crippen LogP contribution in [0.25, 0.3) is 0 Å². The van der Waals surface area contributed by atoms with Crippen LogP contribution in [0, 0.1) is 13.8 Å². The van der Waals surface area contributed by atoms with Gasteiger partial charge in [-0.3, -0.25) is 14.4 Å². The number of nitrogens with one attached hydrogen (secondary N) is 2. The van der Waals surface area contributed by atoms with Crippen molar-refractivity contribution >= 4 is 41.1 Å². The molecule has 150 valence electrons. The molecule has 1 aromatic heterocycles. The lowest BCUT2D eigenvalue weighted by atomic mass is 10.2. The molecule has 28 heavy (non-hydrogen) atoms. The molecule has 0 bridgehead atoms. The normalized spacial score (nSPS) is 12.7. The third-order valence-corrected chi connectivity index (χ3v) is 4.81. The van der Waals surface area contributed by atoms with Crippen LogP contribution in [0.3, 0.4) is 0 Å². The number of carbonyl (C=O) groups excluding carboxylic acids is 3. The maximum Gasteiger partial charge on any atom is 0.316 e. The number of anilines is 2. The monoisotopic (exact) mass is 405 g/mol. The molecule has 0 aliphatic rings. The van der Waals surface area contributed by atoms with E-state index in [-0.39, 0.29) is 11.7 Å². The molecule has 9 heteroatoms. The Balaban J connectivity index is 1.73. The van der Waals surface area contributed by atoms with Crippen molar-refractivity contribution in [3.63, 3.8) is 0 Å². The molecule has 2 rings (SSSR count). The van der Waals surface area contributed by atoms with E-state index < -0.39 is 23.2 Å². The molecule has 0 fully saturated rings. The molecular formula is C19H23N3O5S. The lowest BCUT2D eigenvalue weighted by Gasteiger charge is -2.14. The number of amides is 2. The Bertz CT molecular complexity index is 834.